The van der Waals surface area contributed by atoms with E-state index in [1.54, 1.807) is 6.92 Å². The molecule has 0 aromatic heterocycles. The zero-order valence-corrected chi connectivity index (χ0v) is 11.3. The Morgan fingerprint density at radius 1 is 1.22 bits per heavy atom. The van der Waals surface area contributed by atoms with Crippen molar-refractivity contribution in [1.29, 1.82) is 0 Å². The van der Waals surface area contributed by atoms with Gasteiger partial charge in [0.05, 0.1) is 5.41 Å². The summed E-state index contributed by atoms with van der Waals surface area (Å²) in [5.74, 6) is -0.436. The fourth-order valence-electron chi connectivity index (χ4n) is 1.56. The zero-order chi connectivity index (χ0) is 14.2. The third-order valence-corrected chi connectivity index (χ3v) is 2.86. The first-order valence-corrected chi connectivity index (χ1v) is 6.03. The summed E-state index contributed by atoms with van der Waals surface area (Å²) in [5, 5.41) is 5.28. The summed E-state index contributed by atoms with van der Waals surface area (Å²) in [4.78, 5) is 34.0. The second-order valence-corrected chi connectivity index (χ2v) is 4.54. The SMILES string of the molecule is C=CC(=O)NCCNC(=O)C(C)(CC)CC(C)=O. The van der Waals surface area contributed by atoms with E-state index >= 15 is 0 Å². The van der Waals surface area contributed by atoms with Gasteiger partial charge in [0.2, 0.25) is 11.8 Å². The molecule has 0 rings (SSSR count). The molecule has 0 aliphatic carbocycles. The number of Topliss-reactive ketones (excluding diaryl/α,β-unsaturated/α-hetero) is 1. The molecule has 5 nitrogen and oxygen atoms in total. The van der Waals surface area contributed by atoms with Crippen molar-refractivity contribution < 1.29 is 14.4 Å². The molecular weight excluding hydrogens is 232 g/mol. The Morgan fingerprint density at radius 3 is 2.22 bits per heavy atom. The Kier molecular flexibility index (Phi) is 6.93. The topological polar surface area (TPSA) is 75.3 Å². The fourth-order valence-corrected chi connectivity index (χ4v) is 1.56. The summed E-state index contributed by atoms with van der Waals surface area (Å²) >= 11 is 0. The lowest BCUT2D eigenvalue weighted by Gasteiger charge is -2.25. The van der Waals surface area contributed by atoms with Crippen LogP contribution in [0, 0.1) is 5.41 Å². The van der Waals surface area contributed by atoms with Crippen LogP contribution in [0.3, 0.4) is 0 Å². The molecule has 0 spiro atoms. The van der Waals surface area contributed by atoms with Gasteiger partial charge in [0.1, 0.15) is 5.78 Å². The van der Waals surface area contributed by atoms with Crippen molar-refractivity contribution in [3.8, 4) is 0 Å². The molecule has 18 heavy (non-hydrogen) atoms. The highest BCUT2D eigenvalue weighted by Crippen LogP contribution is 2.26. The number of carbonyl (C=O) groups is 3. The van der Waals surface area contributed by atoms with Crippen molar-refractivity contribution in [2.45, 2.75) is 33.6 Å². The van der Waals surface area contributed by atoms with Gasteiger partial charge >= 0.3 is 0 Å². The highest BCUT2D eigenvalue weighted by atomic mass is 16.2. The molecule has 1 atom stereocenters. The van der Waals surface area contributed by atoms with Gasteiger partial charge < -0.3 is 10.6 Å². The van der Waals surface area contributed by atoms with Crippen LogP contribution in [0.25, 0.3) is 0 Å². The summed E-state index contributed by atoms with van der Waals surface area (Å²) in [6, 6.07) is 0. The summed E-state index contributed by atoms with van der Waals surface area (Å²) < 4.78 is 0. The molecule has 0 aliphatic rings. The lowest BCUT2D eigenvalue weighted by molar-refractivity contribution is -0.134. The van der Waals surface area contributed by atoms with Crippen molar-refractivity contribution >= 4 is 17.6 Å². The van der Waals surface area contributed by atoms with Gasteiger partial charge in [-0.25, -0.2) is 0 Å². The van der Waals surface area contributed by atoms with Gasteiger partial charge in [-0.2, -0.15) is 0 Å². The summed E-state index contributed by atoms with van der Waals surface area (Å²) in [6.07, 6.45) is 2.00. The van der Waals surface area contributed by atoms with Crippen molar-refractivity contribution in [1.82, 2.24) is 10.6 Å². The number of nitrogens with one attached hydrogen (secondary N) is 2. The molecule has 5 heteroatoms. The predicted octanol–water partition coefficient (Wildman–Crippen LogP) is 0.800. The lowest BCUT2D eigenvalue weighted by atomic mass is 9.81. The molecule has 0 aromatic rings. The fraction of sp³-hybridized carbons (Fsp3) is 0.615. The quantitative estimate of drug-likeness (QED) is 0.497. The second kappa shape index (κ2) is 7.63. The average Bonchev–Trinajstić information content (AvgIpc) is 2.32. The van der Waals surface area contributed by atoms with E-state index < -0.39 is 5.41 Å². The number of ketones is 1. The monoisotopic (exact) mass is 254 g/mol. The Labute approximate surface area is 108 Å². The third-order valence-electron chi connectivity index (χ3n) is 2.86. The molecule has 0 aromatic carbocycles. The van der Waals surface area contributed by atoms with Gasteiger partial charge in [0.25, 0.3) is 0 Å². The Bertz CT molecular complexity index is 339. The Morgan fingerprint density at radius 2 is 1.78 bits per heavy atom. The first-order chi connectivity index (χ1) is 8.35. The largest absolute Gasteiger partial charge is 0.354 e. The molecule has 0 heterocycles. The maximum absolute atomic E-state index is 11.9. The minimum absolute atomic E-state index is 0.00513. The standard InChI is InChI=1S/C13H22N2O3/c1-5-11(17)14-7-8-15-12(18)13(4,6-2)9-10(3)16/h5H,1,6-9H2,2-4H3,(H,14,17)(H,15,18). The normalized spacial score (nSPS) is 13.3. The molecule has 0 saturated heterocycles. The van der Waals surface area contributed by atoms with E-state index in [2.05, 4.69) is 17.2 Å². The van der Waals surface area contributed by atoms with E-state index in [9.17, 15) is 14.4 Å². The average molecular weight is 254 g/mol. The highest BCUT2D eigenvalue weighted by molar-refractivity contribution is 5.89. The van der Waals surface area contributed by atoms with Gasteiger partial charge in [-0.05, 0) is 19.4 Å². The molecule has 0 bridgehead atoms. The van der Waals surface area contributed by atoms with Gasteiger partial charge in [-0.1, -0.05) is 20.4 Å². The summed E-state index contributed by atoms with van der Waals surface area (Å²) in [7, 11) is 0. The van der Waals surface area contributed by atoms with Gasteiger partial charge in [-0.3, -0.25) is 14.4 Å². The van der Waals surface area contributed by atoms with E-state index in [4.69, 9.17) is 0 Å². The van der Waals surface area contributed by atoms with E-state index in [1.165, 1.54) is 13.0 Å². The van der Waals surface area contributed by atoms with E-state index in [1.807, 2.05) is 6.92 Å². The molecular formula is C13H22N2O3. The molecule has 2 amide bonds. The zero-order valence-electron chi connectivity index (χ0n) is 11.3. The van der Waals surface area contributed by atoms with E-state index in [-0.39, 0.29) is 24.0 Å². The maximum atomic E-state index is 11.9. The number of amides is 2. The van der Waals surface area contributed by atoms with Crippen molar-refractivity contribution in [3.63, 3.8) is 0 Å². The molecule has 0 radical (unpaired) electrons. The number of carbonyl (C=O) groups excluding carboxylic acids is 3. The number of hydrogen-bond donors (Lipinski definition) is 2. The minimum Gasteiger partial charge on any atom is -0.354 e. The van der Waals surface area contributed by atoms with Crippen LogP contribution in [-0.4, -0.2) is 30.7 Å². The second-order valence-electron chi connectivity index (χ2n) is 4.54. The molecule has 0 aliphatic heterocycles. The van der Waals surface area contributed by atoms with Gasteiger partial charge in [0.15, 0.2) is 0 Å². The predicted molar refractivity (Wildman–Crippen MR) is 69.9 cm³/mol. The highest BCUT2D eigenvalue weighted by Gasteiger charge is 2.32. The van der Waals surface area contributed by atoms with Crippen LogP contribution in [0.2, 0.25) is 0 Å². The summed E-state index contributed by atoms with van der Waals surface area (Å²) in [6.45, 7) is 9.13. The van der Waals surface area contributed by atoms with Crippen LogP contribution in [0.5, 0.6) is 0 Å². The Balaban J connectivity index is 4.16. The molecule has 0 fully saturated rings. The van der Waals surface area contributed by atoms with Crippen LogP contribution < -0.4 is 10.6 Å². The smallest absolute Gasteiger partial charge is 0.243 e. The first kappa shape index (κ1) is 16.4. The maximum Gasteiger partial charge on any atom is 0.243 e. The lowest BCUT2D eigenvalue weighted by Crippen LogP contribution is -2.42. The van der Waals surface area contributed by atoms with E-state index in [0.717, 1.165) is 0 Å². The summed E-state index contributed by atoms with van der Waals surface area (Å²) in [5.41, 5.74) is -0.672. The number of rotatable bonds is 8. The van der Waals surface area contributed by atoms with Gasteiger partial charge in [-0.15, -0.1) is 0 Å². The minimum atomic E-state index is -0.672. The van der Waals surface area contributed by atoms with Crippen LogP contribution >= 0.6 is 0 Å². The van der Waals surface area contributed by atoms with Crippen LogP contribution in [0.15, 0.2) is 12.7 Å². The van der Waals surface area contributed by atoms with Gasteiger partial charge in [0, 0.05) is 19.5 Å². The molecule has 0 saturated carbocycles. The third kappa shape index (κ3) is 5.61. The van der Waals surface area contributed by atoms with Crippen molar-refractivity contribution in [2.24, 2.45) is 5.41 Å². The molecule has 102 valence electrons. The van der Waals surface area contributed by atoms with Crippen molar-refractivity contribution in [3.05, 3.63) is 12.7 Å². The molecule has 1 unspecified atom stereocenters. The first-order valence-electron chi connectivity index (χ1n) is 6.03. The molecule has 2 N–H and O–H groups in total. The van der Waals surface area contributed by atoms with Crippen LogP contribution in [-0.2, 0) is 14.4 Å². The van der Waals surface area contributed by atoms with Crippen LogP contribution in [0.4, 0.5) is 0 Å². The van der Waals surface area contributed by atoms with E-state index in [0.29, 0.717) is 19.5 Å². The Hall–Kier alpha value is -1.65. The van der Waals surface area contributed by atoms with Crippen LogP contribution in [0.1, 0.15) is 33.6 Å². The van der Waals surface area contributed by atoms with Crippen molar-refractivity contribution in [2.75, 3.05) is 13.1 Å². The number of hydrogen-bond acceptors (Lipinski definition) is 3.